The van der Waals surface area contributed by atoms with Crippen LogP contribution in [0.15, 0.2) is 24.3 Å². The summed E-state index contributed by atoms with van der Waals surface area (Å²) >= 11 is 0. The van der Waals surface area contributed by atoms with Gasteiger partial charge in [-0.05, 0) is 43.0 Å². The van der Waals surface area contributed by atoms with E-state index in [1.807, 2.05) is 0 Å². The lowest BCUT2D eigenvalue weighted by atomic mass is 9.88. The number of hydrogen-bond donors (Lipinski definition) is 1. The lowest BCUT2D eigenvalue weighted by Crippen LogP contribution is -2.22. The molecule has 1 aromatic rings. The lowest BCUT2D eigenvalue weighted by molar-refractivity contribution is -0.121. The molecule has 0 heterocycles. The van der Waals surface area contributed by atoms with Gasteiger partial charge in [0, 0.05) is 25.1 Å². The molecule has 0 aromatic heterocycles. The first-order valence-corrected chi connectivity index (χ1v) is 5.75. The average molecular weight is 221 g/mol. The smallest absolute Gasteiger partial charge is 0.133 e. The SMILES string of the molecule is O=C1CCCC(CNc2ccc(F)cc2)C1. The Balaban J connectivity index is 1.82. The van der Waals surface area contributed by atoms with Crippen molar-refractivity contribution in [3.8, 4) is 0 Å². The van der Waals surface area contributed by atoms with Crippen LogP contribution in [0.5, 0.6) is 0 Å². The van der Waals surface area contributed by atoms with Crippen LogP contribution in [0.25, 0.3) is 0 Å². The van der Waals surface area contributed by atoms with Crippen molar-refractivity contribution in [2.75, 3.05) is 11.9 Å². The zero-order valence-corrected chi connectivity index (χ0v) is 9.21. The first kappa shape index (κ1) is 11.1. The fraction of sp³-hybridized carbons (Fsp3) is 0.462. The zero-order valence-electron chi connectivity index (χ0n) is 9.21. The maximum absolute atomic E-state index is 12.7. The summed E-state index contributed by atoms with van der Waals surface area (Å²) in [4.78, 5) is 11.3. The standard InChI is InChI=1S/C13H16FNO/c14-11-4-6-12(7-5-11)15-9-10-2-1-3-13(16)8-10/h4-7,10,15H,1-3,8-9H2. The number of rotatable bonds is 3. The van der Waals surface area contributed by atoms with Crippen molar-refractivity contribution in [2.45, 2.75) is 25.7 Å². The second-order valence-electron chi connectivity index (χ2n) is 4.39. The van der Waals surface area contributed by atoms with E-state index in [0.29, 0.717) is 18.1 Å². The third kappa shape index (κ3) is 3.05. The van der Waals surface area contributed by atoms with Gasteiger partial charge in [0.05, 0.1) is 0 Å². The molecular weight excluding hydrogens is 205 g/mol. The zero-order chi connectivity index (χ0) is 11.4. The molecule has 0 aliphatic heterocycles. The molecule has 1 atom stereocenters. The Hall–Kier alpha value is -1.38. The van der Waals surface area contributed by atoms with Crippen molar-refractivity contribution in [2.24, 2.45) is 5.92 Å². The van der Waals surface area contributed by atoms with Gasteiger partial charge < -0.3 is 5.32 Å². The molecule has 1 aromatic carbocycles. The number of carbonyl (C=O) groups excluding carboxylic acids is 1. The van der Waals surface area contributed by atoms with Crippen LogP contribution in [0.3, 0.4) is 0 Å². The number of Topliss-reactive ketones (excluding diaryl/α,β-unsaturated/α-hetero) is 1. The first-order valence-electron chi connectivity index (χ1n) is 5.75. The van der Waals surface area contributed by atoms with E-state index in [-0.39, 0.29) is 5.82 Å². The van der Waals surface area contributed by atoms with Gasteiger partial charge in [0.25, 0.3) is 0 Å². The molecular formula is C13H16FNO. The monoisotopic (exact) mass is 221 g/mol. The van der Waals surface area contributed by atoms with Crippen molar-refractivity contribution in [1.29, 1.82) is 0 Å². The summed E-state index contributed by atoms with van der Waals surface area (Å²) in [7, 11) is 0. The Morgan fingerprint density at radius 2 is 2.06 bits per heavy atom. The van der Waals surface area contributed by atoms with E-state index < -0.39 is 0 Å². The van der Waals surface area contributed by atoms with Crippen LogP contribution in [0.1, 0.15) is 25.7 Å². The molecule has 2 rings (SSSR count). The number of ketones is 1. The molecule has 16 heavy (non-hydrogen) atoms. The highest BCUT2D eigenvalue weighted by Crippen LogP contribution is 2.21. The minimum absolute atomic E-state index is 0.224. The molecule has 0 radical (unpaired) electrons. The van der Waals surface area contributed by atoms with Crippen LogP contribution in [-0.2, 0) is 4.79 Å². The number of halogens is 1. The van der Waals surface area contributed by atoms with Gasteiger partial charge in [0.1, 0.15) is 11.6 Å². The number of anilines is 1. The Morgan fingerprint density at radius 3 is 2.75 bits per heavy atom. The van der Waals surface area contributed by atoms with E-state index in [0.717, 1.165) is 31.5 Å². The predicted molar refractivity (Wildman–Crippen MR) is 61.9 cm³/mol. The van der Waals surface area contributed by atoms with Crippen molar-refractivity contribution >= 4 is 11.5 Å². The second-order valence-corrected chi connectivity index (χ2v) is 4.39. The van der Waals surface area contributed by atoms with E-state index in [2.05, 4.69) is 5.32 Å². The maximum Gasteiger partial charge on any atom is 0.133 e. The summed E-state index contributed by atoms with van der Waals surface area (Å²) in [5.41, 5.74) is 0.916. The minimum atomic E-state index is -0.224. The van der Waals surface area contributed by atoms with Crippen LogP contribution in [0.4, 0.5) is 10.1 Å². The Labute approximate surface area is 94.9 Å². The van der Waals surface area contributed by atoms with Gasteiger partial charge in [0.15, 0.2) is 0 Å². The van der Waals surface area contributed by atoms with E-state index in [9.17, 15) is 9.18 Å². The van der Waals surface area contributed by atoms with Crippen LogP contribution >= 0.6 is 0 Å². The van der Waals surface area contributed by atoms with Crippen molar-refractivity contribution in [3.05, 3.63) is 30.1 Å². The molecule has 1 saturated carbocycles. The summed E-state index contributed by atoms with van der Waals surface area (Å²) in [5, 5.41) is 3.24. The third-order valence-electron chi connectivity index (χ3n) is 3.02. The molecule has 1 unspecified atom stereocenters. The topological polar surface area (TPSA) is 29.1 Å². The fourth-order valence-corrected chi connectivity index (χ4v) is 2.12. The van der Waals surface area contributed by atoms with E-state index in [1.165, 1.54) is 12.1 Å². The van der Waals surface area contributed by atoms with Crippen molar-refractivity contribution in [1.82, 2.24) is 0 Å². The van der Waals surface area contributed by atoms with Gasteiger partial charge in [0.2, 0.25) is 0 Å². The lowest BCUT2D eigenvalue weighted by Gasteiger charge is -2.21. The van der Waals surface area contributed by atoms with Crippen molar-refractivity contribution in [3.63, 3.8) is 0 Å². The molecule has 1 aliphatic carbocycles. The molecule has 2 nitrogen and oxygen atoms in total. The summed E-state index contributed by atoms with van der Waals surface area (Å²) < 4.78 is 12.7. The highest BCUT2D eigenvalue weighted by atomic mass is 19.1. The van der Waals surface area contributed by atoms with Crippen LogP contribution in [0.2, 0.25) is 0 Å². The Morgan fingerprint density at radius 1 is 1.31 bits per heavy atom. The average Bonchev–Trinajstić information content (AvgIpc) is 2.28. The highest BCUT2D eigenvalue weighted by Gasteiger charge is 2.18. The van der Waals surface area contributed by atoms with Crippen molar-refractivity contribution < 1.29 is 9.18 Å². The largest absolute Gasteiger partial charge is 0.385 e. The molecule has 0 amide bonds. The van der Waals surface area contributed by atoms with E-state index >= 15 is 0 Å². The molecule has 86 valence electrons. The summed E-state index contributed by atoms with van der Waals surface area (Å²) in [6.45, 7) is 0.803. The van der Waals surface area contributed by atoms with Crippen LogP contribution in [0, 0.1) is 11.7 Å². The molecule has 0 bridgehead atoms. The fourth-order valence-electron chi connectivity index (χ4n) is 2.12. The maximum atomic E-state index is 12.7. The quantitative estimate of drug-likeness (QED) is 0.850. The molecule has 3 heteroatoms. The van der Waals surface area contributed by atoms with Crippen LogP contribution in [-0.4, -0.2) is 12.3 Å². The van der Waals surface area contributed by atoms with Gasteiger partial charge in [-0.15, -0.1) is 0 Å². The van der Waals surface area contributed by atoms with Gasteiger partial charge in [-0.25, -0.2) is 4.39 Å². The molecule has 0 saturated heterocycles. The van der Waals surface area contributed by atoms with E-state index in [1.54, 1.807) is 12.1 Å². The molecule has 1 fully saturated rings. The molecule has 1 N–H and O–H groups in total. The highest BCUT2D eigenvalue weighted by molar-refractivity contribution is 5.79. The second kappa shape index (κ2) is 5.10. The summed E-state index contributed by atoms with van der Waals surface area (Å²) in [6.07, 6.45) is 3.55. The number of nitrogens with one attached hydrogen (secondary N) is 1. The Bertz CT molecular complexity index is 361. The summed E-state index contributed by atoms with van der Waals surface area (Å²) in [5.74, 6) is 0.585. The van der Waals surface area contributed by atoms with Gasteiger partial charge in [-0.1, -0.05) is 0 Å². The Kier molecular flexibility index (Phi) is 3.54. The number of benzene rings is 1. The number of hydrogen-bond acceptors (Lipinski definition) is 2. The number of carbonyl (C=O) groups is 1. The van der Waals surface area contributed by atoms with Gasteiger partial charge >= 0.3 is 0 Å². The molecule has 1 aliphatic rings. The predicted octanol–water partition coefficient (Wildman–Crippen LogP) is 3.00. The minimum Gasteiger partial charge on any atom is -0.385 e. The van der Waals surface area contributed by atoms with Gasteiger partial charge in [-0.2, -0.15) is 0 Å². The normalized spacial score (nSPS) is 20.8. The van der Waals surface area contributed by atoms with E-state index in [4.69, 9.17) is 0 Å². The first-order chi connectivity index (χ1) is 7.74. The van der Waals surface area contributed by atoms with Gasteiger partial charge in [-0.3, -0.25) is 4.79 Å². The third-order valence-corrected chi connectivity index (χ3v) is 3.02. The van der Waals surface area contributed by atoms with Crippen LogP contribution < -0.4 is 5.32 Å². The summed E-state index contributed by atoms with van der Waals surface area (Å²) in [6, 6.07) is 6.32. The molecule has 0 spiro atoms.